The van der Waals surface area contributed by atoms with Crippen LogP contribution >= 0.6 is 0 Å². The highest BCUT2D eigenvalue weighted by Crippen LogP contribution is 2.40. The lowest BCUT2D eigenvalue weighted by Crippen LogP contribution is -2.29. The predicted octanol–water partition coefficient (Wildman–Crippen LogP) is 4.87. The fourth-order valence-electron chi connectivity index (χ4n) is 3.01. The molecule has 1 aliphatic rings. The summed E-state index contributed by atoms with van der Waals surface area (Å²) < 4.78 is 6.29. The minimum absolute atomic E-state index is 0.280. The number of ether oxygens (including phenoxy) is 1. The van der Waals surface area contributed by atoms with Crippen LogP contribution in [0.4, 0.5) is 0 Å². The maximum absolute atomic E-state index is 9.62. The van der Waals surface area contributed by atoms with Crippen molar-refractivity contribution in [3.63, 3.8) is 0 Å². The van der Waals surface area contributed by atoms with Gasteiger partial charge in [0.15, 0.2) is 0 Å². The Morgan fingerprint density at radius 3 is 2.59 bits per heavy atom. The van der Waals surface area contributed by atoms with E-state index in [1.807, 2.05) is 36.4 Å². The number of phenolic OH excluding ortho intramolecular Hbond substituents is 1. The molecule has 108 valence electrons. The Morgan fingerprint density at radius 2 is 1.77 bits per heavy atom. The second kappa shape index (κ2) is 4.63. The van der Waals surface area contributed by atoms with Crippen molar-refractivity contribution in [1.29, 1.82) is 0 Å². The Hall–Kier alpha value is -2.74. The Morgan fingerprint density at radius 1 is 0.955 bits per heavy atom. The average Bonchev–Trinajstić information content (AvgIpc) is 2.55. The second-order valence-electron chi connectivity index (χ2n) is 5.79. The van der Waals surface area contributed by atoms with Crippen LogP contribution in [0.25, 0.3) is 16.8 Å². The summed E-state index contributed by atoms with van der Waals surface area (Å²) in [5, 5.41) is 11.7. The summed E-state index contributed by atoms with van der Waals surface area (Å²) in [7, 11) is 0. The molecule has 0 spiro atoms. The van der Waals surface area contributed by atoms with Gasteiger partial charge in [0.2, 0.25) is 0 Å². The Kier molecular flexibility index (Phi) is 2.73. The van der Waals surface area contributed by atoms with Crippen molar-refractivity contribution in [3.8, 4) is 11.5 Å². The zero-order valence-corrected chi connectivity index (χ0v) is 12.3. The molecule has 4 rings (SSSR count). The number of aromatic hydroxyl groups is 1. The summed E-state index contributed by atoms with van der Waals surface area (Å²) >= 11 is 0. The molecule has 0 aliphatic carbocycles. The summed E-state index contributed by atoms with van der Waals surface area (Å²) in [6.45, 7) is 2.07. The van der Waals surface area contributed by atoms with Crippen molar-refractivity contribution in [2.75, 3.05) is 0 Å². The molecule has 22 heavy (non-hydrogen) atoms. The molecule has 3 aromatic carbocycles. The molecule has 0 amide bonds. The molecule has 1 N–H and O–H groups in total. The molecule has 2 nitrogen and oxygen atoms in total. The van der Waals surface area contributed by atoms with Gasteiger partial charge >= 0.3 is 0 Å². The van der Waals surface area contributed by atoms with Crippen molar-refractivity contribution in [2.24, 2.45) is 0 Å². The van der Waals surface area contributed by atoms with E-state index in [0.29, 0.717) is 0 Å². The van der Waals surface area contributed by atoms with E-state index >= 15 is 0 Å². The Balaban J connectivity index is 1.85. The molecule has 0 fully saturated rings. The molecular formula is C20H16O2. The van der Waals surface area contributed by atoms with Crippen molar-refractivity contribution < 1.29 is 9.84 Å². The maximum Gasteiger partial charge on any atom is 0.150 e. The van der Waals surface area contributed by atoms with E-state index in [1.165, 1.54) is 0 Å². The first-order chi connectivity index (χ1) is 10.7. The van der Waals surface area contributed by atoms with Crippen molar-refractivity contribution in [3.05, 3.63) is 77.9 Å². The number of fused-ring (bicyclic) bond motifs is 3. The monoisotopic (exact) mass is 288 g/mol. The van der Waals surface area contributed by atoms with Gasteiger partial charge in [0.1, 0.15) is 17.1 Å². The minimum atomic E-state index is -0.459. The lowest BCUT2D eigenvalue weighted by Gasteiger charge is -2.32. The van der Waals surface area contributed by atoms with Gasteiger partial charge in [-0.05, 0) is 53.6 Å². The van der Waals surface area contributed by atoms with Crippen LogP contribution in [-0.2, 0) is 5.60 Å². The van der Waals surface area contributed by atoms with Crippen LogP contribution in [0.2, 0.25) is 0 Å². The molecule has 0 radical (unpaired) electrons. The normalized spacial score (nSPS) is 19.7. The van der Waals surface area contributed by atoms with Gasteiger partial charge in [-0.3, -0.25) is 0 Å². The molecule has 1 unspecified atom stereocenters. The molecule has 1 atom stereocenters. The van der Waals surface area contributed by atoms with Crippen LogP contribution in [0, 0.1) is 0 Å². The van der Waals surface area contributed by atoms with Crippen LogP contribution in [0.5, 0.6) is 11.5 Å². The summed E-state index contributed by atoms with van der Waals surface area (Å²) in [6, 6.07) is 19.6. The zero-order chi connectivity index (χ0) is 15.2. The zero-order valence-electron chi connectivity index (χ0n) is 12.3. The Labute approximate surface area is 129 Å². The molecule has 0 aromatic heterocycles. The third kappa shape index (κ3) is 1.96. The summed E-state index contributed by atoms with van der Waals surface area (Å²) in [4.78, 5) is 0. The van der Waals surface area contributed by atoms with E-state index in [9.17, 15) is 5.11 Å². The molecular weight excluding hydrogens is 272 g/mol. The van der Waals surface area contributed by atoms with Crippen molar-refractivity contribution in [1.82, 2.24) is 0 Å². The largest absolute Gasteiger partial charge is 0.508 e. The van der Waals surface area contributed by atoms with E-state index in [0.717, 1.165) is 27.6 Å². The van der Waals surface area contributed by atoms with E-state index in [-0.39, 0.29) is 5.75 Å². The SMILES string of the molecule is CC1(c2ccccc2)C=Cc2c(ccc3cc(O)ccc23)O1. The molecule has 1 aliphatic heterocycles. The van der Waals surface area contributed by atoms with E-state index in [4.69, 9.17) is 4.74 Å². The van der Waals surface area contributed by atoms with Crippen molar-refractivity contribution >= 4 is 16.8 Å². The fraction of sp³-hybridized carbons (Fsp3) is 0.100. The quantitative estimate of drug-likeness (QED) is 0.692. The highest BCUT2D eigenvalue weighted by Gasteiger charge is 2.29. The van der Waals surface area contributed by atoms with Crippen LogP contribution < -0.4 is 4.74 Å². The summed E-state index contributed by atoms with van der Waals surface area (Å²) in [5.74, 6) is 1.15. The van der Waals surface area contributed by atoms with Gasteiger partial charge in [-0.15, -0.1) is 0 Å². The fourth-order valence-corrected chi connectivity index (χ4v) is 3.01. The lowest BCUT2D eigenvalue weighted by atomic mass is 9.91. The van der Waals surface area contributed by atoms with Gasteiger partial charge in [-0.1, -0.05) is 42.5 Å². The number of phenols is 1. The third-order valence-corrected chi connectivity index (χ3v) is 4.24. The smallest absolute Gasteiger partial charge is 0.150 e. The van der Waals surface area contributed by atoms with Gasteiger partial charge in [0.05, 0.1) is 0 Å². The van der Waals surface area contributed by atoms with Gasteiger partial charge in [-0.2, -0.15) is 0 Å². The molecule has 0 saturated carbocycles. The standard InChI is InChI=1S/C20H16O2/c1-20(15-5-3-2-4-6-15)12-11-18-17-9-8-16(21)13-14(17)7-10-19(18)22-20/h2-13,21H,1H3. The first-order valence-electron chi connectivity index (χ1n) is 7.35. The summed E-state index contributed by atoms with van der Waals surface area (Å²) in [6.07, 6.45) is 4.21. The first kappa shape index (κ1) is 13.0. The molecule has 1 heterocycles. The van der Waals surface area contributed by atoms with E-state index in [2.05, 4.69) is 31.2 Å². The number of hydrogen-bond donors (Lipinski definition) is 1. The van der Waals surface area contributed by atoms with E-state index in [1.54, 1.807) is 12.1 Å². The van der Waals surface area contributed by atoms with Crippen LogP contribution in [0.15, 0.2) is 66.7 Å². The number of rotatable bonds is 1. The minimum Gasteiger partial charge on any atom is -0.508 e. The third-order valence-electron chi connectivity index (χ3n) is 4.24. The molecule has 0 saturated heterocycles. The van der Waals surface area contributed by atoms with Crippen LogP contribution in [-0.4, -0.2) is 5.11 Å². The molecule has 2 heteroatoms. The number of hydrogen-bond acceptors (Lipinski definition) is 2. The highest BCUT2D eigenvalue weighted by atomic mass is 16.5. The maximum atomic E-state index is 9.62. The van der Waals surface area contributed by atoms with Crippen LogP contribution in [0.1, 0.15) is 18.1 Å². The Bertz CT molecular complexity index is 881. The summed E-state index contributed by atoms with van der Waals surface area (Å²) in [5.41, 5.74) is 1.73. The second-order valence-corrected chi connectivity index (χ2v) is 5.79. The molecule has 3 aromatic rings. The van der Waals surface area contributed by atoms with Gasteiger partial charge < -0.3 is 9.84 Å². The van der Waals surface area contributed by atoms with Gasteiger partial charge in [0, 0.05) is 5.56 Å². The van der Waals surface area contributed by atoms with Gasteiger partial charge in [-0.25, -0.2) is 0 Å². The number of benzene rings is 3. The van der Waals surface area contributed by atoms with Gasteiger partial charge in [0.25, 0.3) is 0 Å². The van der Waals surface area contributed by atoms with Crippen molar-refractivity contribution in [2.45, 2.75) is 12.5 Å². The average molecular weight is 288 g/mol. The van der Waals surface area contributed by atoms with Crippen LogP contribution in [0.3, 0.4) is 0 Å². The predicted molar refractivity (Wildman–Crippen MR) is 89.1 cm³/mol. The topological polar surface area (TPSA) is 29.5 Å². The highest BCUT2D eigenvalue weighted by molar-refractivity contribution is 5.94. The first-order valence-corrected chi connectivity index (χ1v) is 7.35. The van der Waals surface area contributed by atoms with E-state index < -0.39 is 5.60 Å². The molecule has 0 bridgehead atoms. The lowest BCUT2D eigenvalue weighted by molar-refractivity contribution is 0.138.